The second-order valence-corrected chi connectivity index (χ2v) is 3.76. The SMILES string of the molecule is CC.CCN1CCCC(CCNC=O)C1. The molecule has 1 heterocycles. The lowest BCUT2D eigenvalue weighted by Gasteiger charge is -2.31. The molecule has 1 aliphatic rings. The van der Waals surface area contributed by atoms with Gasteiger partial charge in [-0.3, -0.25) is 4.79 Å². The van der Waals surface area contributed by atoms with E-state index in [1.165, 1.54) is 25.9 Å². The highest BCUT2D eigenvalue weighted by Crippen LogP contribution is 2.18. The molecule has 1 N–H and O–H groups in total. The summed E-state index contributed by atoms with van der Waals surface area (Å²) in [5.41, 5.74) is 0. The highest BCUT2D eigenvalue weighted by Gasteiger charge is 2.17. The standard InChI is InChI=1S/C10H20N2O.C2H6/c1-2-12-7-3-4-10(8-12)5-6-11-9-13;1-2/h9-10H,2-8H2,1H3,(H,11,13);1-2H3. The molecule has 0 aliphatic carbocycles. The first-order valence-electron chi connectivity index (χ1n) is 6.26. The van der Waals surface area contributed by atoms with Crippen molar-refractivity contribution in [2.45, 2.75) is 40.0 Å². The van der Waals surface area contributed by atoms with Crippen LogP contribution in [-0.2, 0) is 4.79 Å². The van der Waals surface area contributed by atoms with Gasteiger partial charge in [0.25, 0.3) is 0 Å². The van der Waals surface area contributed by atoms with Gasteiger partial charge in [-0.15, -0.1) is 0 Å². The van der Waals surface area contributed by atoms with E-state index in [1.807, 2.05) is 13.8 Å². The topological polar surface area (TPSA) is 32.3 Å². The Morgan fingerprint density at radius 3 is 2.80 bits per heavy atom. The van der Waals surface area contributed by atoms with E-state index >= 15 is 0 Å². The number of piperidine rings is 1. The maximum atomic E-state index is 10.0. The summed E-state index contributed by atoms with van der Waals surface area (Å²) in [6, 6.07) is 0. The molecule has 1 saturated heterocycles. The number of rotatable bonds is 5. The molecule has 1 fully saturated rings. The zero-order chi connectivity index (χ0) is 11.5. The van der Waals surface area contributed by atoms with Gasteiger partial charge in [-0.1, -0.05) is 20.8 Å². The number of amides is 1. The van der Waals surface area contributed by atoms with Crippen molar-refractivity contribution in [3.63, 3.8) is 0 Å². The minimum Gasteiger partial charge on any atom is -0.359 e. The Hall–Kier alpha value is -0.570. The first-order valence-corrected chi connectivity index (χ1v) is 6.26. The lowest BCUT2D eigenvalue weighted by atomic mass is 9.95. The fraction of sp³-hybridized carbons (Fsp3) is 0.917. The molecule has 0 radical (unpaired) electrons. The molecule has 3 heteroatoms. The van der Waals surface area contributed by atoms with Crippen molar-refractivity contribution in [2.75, 3.05) is 26.2 Å². The second-order valence-electron chi connectivity index (χ2n) is 3.76. The molecule has 90 valence electrons. The lowest BCUT2D eigenvalue weighted by molar-refractivity contribution is -0.109. The fourth-order valence-electron chi connectivity index (χ4n) is 2.02. The van der Waals surface area contributed by atoms with E-state index in [0.717, 1.165) is 31.8 Å². The normalized spacial score (nSPS) is 21.4. The largest absolute Gasteiger partial charge is 0.359 e. The molecule has 0 aromatic rings. The quantitative estimate of drug-likeness (QED) is 0.560. The molecule has 3 nitrogen and oxygen atoms in total. The molecular weight excluding hydrogens is 188 g/mol. The van der Waals surface area contributed by atoms with Crippen LogP contribution >= 0.6 is 0 Å². The van der Waals surface area contributed by atoms with Crippen molar-refractivity contribution in [2.24, 2.45) is 5.92 Å². The van der Waals surface area contributed by atoms with E-state index in [0.29, 0.717) is 0 Å². The Morgan fingerprint density at radius 1 is 1.47 bits per heavy atom. The number of carbonyl (C=O) groups excluding carboxylic acids is 1. The number of hydrogen-bond donors (Lipinski definition) is 1. The van der Waals surface area contributed by atoms with Gasteiger partial charge >= 0.3 is 0 Å². The van der Waals surface area contributed by atoms with Gasteiger partial charge in [0.15, 0.2) is 0 Å². The van der Waals surface area contributed by atoms with E-state index in [4.69, 9.17) is 0 Å². The molecule has 0 aromatic carbocycles. The summed E-state index contributed by atoms with van der Waals surface area (Å²) in [4.78, 5) is 12.5. The maximum Gasteiger partial charge on any atom is 0.207 e. The van der Waals surface area contributed by atoms with Crippen molar-refractivity contribution in [1.29, 1.82) is 0 Å². The van der Waals surface area contributed by atoms with Crippen LogP contribution in [0.25, 0.3) is 0 Å². The van der Waals surface area contributed by atoms with Crippen LogP contribution in [0, 0.1) is 5.92 Å². The van der Waals surface area contributed by atoms with E-state index in [2.05, 4.69) is 17.1 Å². The minimum absolute atomic E-state index is 0.792. The Labute approximate surface area is 94.2 Å². The summed E-state index contributed by atoms with van der Waals surface area (Å²) >= 11 is 0. The van der Waals surface area contributed by atoms with Crippen molar-refractivity contribution in [3.8, 4) is 0 Å². The van der Waals surface area contributed by atoms with Gasteiger partial charge in [-0.25, -0.2) is 0 Å². The third kappa shape index (κ3) is 6.50. The molecule has 1 rings (SSSR count). The van der Waals surface area contributed by atoms with Crippen LogP contribution in [0.3, 0.4) is 0 Å². The number of likely N-dealkylation sites (tertiary alicyclic amines) is 1. The summed E-state index contributed by atoms with van der Waals surface area (Å²) in [5, 5.41) is 2.73. The molecule has 0 bridgehead atoms. The van der Waals surface area contributed by atoms with Gasteiger partial charge in [-0.05, 0) is 38.3 Å². The lowest BCUT2D eigenvalue weighted by Crippen LogP contribution is -2.36. The molecule has 0 spiro atoms. The molecule has 0 saturated carbocycles. The van der Waals surface area contributed by atoms with E-state index in [9.17, 15) is 4.79 Å². The first-order chi connectivity index (χ1) is 7.36. The minimum atomic E-state index is 0.792. The highest BCUT2D eigenvalue weighted by molar-refractivity contribution is 5.45. The maximum absolute atomic E-state index is 10.0. The monoisotopic (exact) mass is 214 g/mol. The van der Waals surface area contributed by atoms with Crippen molar-refractivity contribution >= 4 is 6.41 Å². The predicted octanol–water partition coefficient (Wildman–Crippen LogP) is 1.88. The zero-order valence-corrected chi connectivity index (χ0v) is 10.5. The van der Waals surface area contributed by atoms with Gasteiger partial charge in [0, 0.05) is 13.1 Å². The first kappa shape index (κ1) is 14.4. The number of nitrogens with one attached hydrogen (secondary N) is 1. The summed E-state index contributed by atoms with van der Waals surface area (Å²) < 4.78 is 0. The van der Waals surface area contributed by atoms with Crippen LogP contribution < -0.4 is 5.32 Å². The smallest absolute Gasteiger partial charge is 0.207 e. The summed E-state index contributed by atoms with van der Waals surface area (Å²) in [7, 11) is 0. The summed E-state index contributed by atoms with van der Waals surface area (Å²) in [6.07, 6.45) is 4.58. The number of nitrogens with zero attached hydrogens (tertiary/aromatic N) is 1. The Bertz CT molecular complexity index is 151. The molecule has 15 heavy (non-hydrogen) atoms. The molecule has 1 amide bonds. The fourth-order valence-corrected chi connectivity index (χ4v) is 2.02. The Balaban J connectivity index is 0.000000921. The van der Waals surface area contributed by atoms with Crippen LogP contribution in [0.2, 0.25) is 0 Å². The van der Waals surface area contributed by atoms with Gasteiger partial charge in [-0.2, -0.15) is 0 Å². The van der Waals surface area contributed by atoms with Crippen LogP contribution in [0.1, 0.15) is 40.0 Å². The highest BCUT2D eigenvalue weighted by atomic mass is 16.1. The van der Waals surface area contributed by atoms with Crippen molar-refractivity contribution in [1.82, 2.24) is 10.2 Å². The third-order valence-electron chi connectivity index (χ3n) is 2.83. The van der Waals surface area contributed by atoms with Gasteiger partial charge < -0.3 is 10.2 Å². The molecule has 1 aliphatic heterocycles. The molecule has 1 atom stereocenters. The molecule has 0 aromatic heterocycles. The van der Waals surface area contributed by atoms with Crippen molar-refractivity contribution in [3.05, 3.63) is 0 Å². The second kappa shape index (κ2) is 9.97. The Kier molecular flexibility index (Phi) is 9.59. The molecule has 1 unspecified atom stereocenters. The molecular formula is C12H26N2O. The average Bonchev–Trinajstić information content (AvgIpc) is 2.32. The van der Waals surface area contributed by atoms with Crippen LogP contribution in [0.15, 0.2) is 0 Å². The number of carbonyl (C=O) groups is 1. The zero-order valence-electron chi connectivity index (χ0n) is 10.5. The van der Waals surface area contributed by atoms with E-state index in [1.54, 1.807) is 0 Å². The van der Waals surface area contributed by atoms with Crippen LogP contribution in [0.5, 0.6) is 0 Å². The predicted molar refractivity (Wildman–Crippen MR) is 64.9 cm³/mol. The van der Waals surface area contributed by atoms with Gasteiger partial charge in [0.1, 0.15) is 0 Å². The van der Waals surface area contributed by atoms with Gasteiger partial charge in [0.2, 0.25) is 6.41 Å². The van der Waals surface area contributed by atoms with Crippen molar-refractivity contribution < 1.29 is 4.79 Å². The van der Waals surface area contributed by atoms with Crippen LogP contribution in [0.4, 0.5) is 0 Å². The summed E-state index contributed by atoms with van der Waals surface area (Å²) in [5.74, 6) is 0.793. The third-order valence-corrected chi connectivity index (χ3v) is 2.83. The number of hydrogen-bond acceptors (Lipinski definition) is 2. The average molecular weight is 214 g/mol. The summed E-state index contributed by atoms with van der Waals surface area (Å²) in [6.45, 7) is 10.7. The Morgan fingerprint density at radius 2 is 2.20 bits per heavy atom. The van der Waals surface area contributed by atoms with Gasteiger partial charge in [0.05, 0.1) is 0 Å². The van der Waals surface area contributed by atoms with E-state index in [-0.39, 0.29) is 0 Å². The van der Waals surface area contributed by atoms with Crippen LogP contribution in [-0.4, -0.2) is 37.5 Å². The van der Waals surface area contributed by atoms with E-state index < -0.39 is 0 Å².